The molecule has 50 heavy (non-hydrogen) atoms. The summed E-state index contributed by atoms with van der Waals surface area (Å²) in [4.78, 5) is 61.6. The molecule has 7 rings (SSSR count). The molecule has 3 amide bonds. The van der Waals surface area contributed by atoms with Crippen molar-refractivity contribution in [2.24, 2.45) is 0 Å². The molecule has 13 heteroatoms. The van der Waals surface area contributed by atoms with E-state index in [-0.39, 0.29) is 54.3 Å². The molecule has 10 nitrogen and oxygen atoms in total. The maximum Gasteiger partial charge on any atom is 0.289 e. The van der Waals surface area contributed by atoms with Gasteiger partial charge in [-0.1, -0.05) is 48.0 Å². The van der Waals surface area contributed by atoms with E-state index >= 15 is 4.39 Å². The molecular formula is C37H31ClF2N6O4. The predicted octanol–water partition coefficient (Wildman–Crippen LogP) is 6.23. The van der Waals surface area contributed by atoms with E-state index < -0.39 is 29.8 Å². The second-order valence-electron chi connectivity index (χ2n) is 12.5. The molecular weight excluding hydrogens is 666 g/mol. The number of ketones is 1. The van der Waals surface area contributed by atoms with Crippen molar-refractivity contribution in [3.8, 4) is 22.3 Å². The number of carbonyl (C=O) groups is 4. The molecule has 0 unspecified atom stereocenters. The molecule has 1 saturated heterocycles. The van der Waals surface area contributed by atoms with Gasteiger partial charge in [0.25, 0.3) is 5.91 Å². The van der Waals surface area contributed by atoms with Crippen LogP contribution in [0.3, 0.4) is 0 Å². The highest BCUT2D eigenvalue weighted by Crippen LogP contribution is 2.34. The van der Waals surface area contributed by atoms with Gasteiger partial charge in [0.1, 0.15) is 18.8 Å². The number of Topliss-reactive ketones (excluding diaryl/α,β-unsaturated/α-hetero) is 1. The van der Waals surface area contributed by atoms with Gasteiger partial charge in [0.05, 0.1) is 12.2 Å². The zero-order valence-corrected chi connectivity index (χ0v) is 27.6. The fraction of sp³-hybridized carbons (Fsp3) is 0.243. The normalized spacial score (nSPS) is 17.2. The summed E-state index contributed by atoms with van der Waals surface area (Å²) in [6.45, 7) is 0.832. The van der Waals surface area contributed by atoms with Crippen LogP contribution in [-0.4, -0.2) is 67.7 Å². The Morgan fingerprint density at radius 2 is 1.70 bits per heavy atom. The molecule has 1 aliphatic heterocycles. The molecule has 2 aromatic heterocycles. The average Bonchev–Trinajstić information content (AvgIpc) is 3.72. The van der Waals surface area contributed by atoms with Gasteiger partial charge in [-0.15, -0.1) is 0 Å². The van der Waals surface area contributed by atoms with E-state index in [1.165, 1.54) is 31.5 Å². The van der Waals surface area contributed by atoms with Crippen LogP contribution in [0.4, 0.5) is 14.5 Å². The van der Waals surface area contributed by atoms with Crippen molar-refractivity contribution in [3.63, 3.8) is 0 Å². The molecule has 254 valence electrons. The van der Waals surface area contributed by atoms with Crippen LogP contribution in [0.5, 0.6) is 0 Å². The highest BCUT2D eigenvalue weighted by Gasteiger charge is 2.40. The third kappa shape index (κ3) is 6.58. The van der Waals surface area contributed by atoms with Crippen LogP contribution >= 0.6 is 11.6 Å². The fourth-order valence-electron chi connectivity index (χ4n) is 6.24. The summed E-state index contributed by atoms with van der Waals surface area (Å²) in [5.41, 5.74) is 2.76. The summed E-state index contributed by atoms with van der Waals surface area (Å²) in [7, 11) is 0. The Bertz CT molecular complexity index is 2170. The predicted molar refractivity (Wildman–Crippen MR) is 184 cm³/mol. The largest absolute Gasteiger partial charge is 0.347 e. The number of aromatic nitrogens is 3. The Morgan fingerprint density at radius 1 is 0.960 bits per heavy atom. The smallest absolute Gasteiger partial charge is 0.289 e. The van der Waals surface area contributed by atoms with E-state index in [2.05, 4.69) is 20.6 Å². The third-order valence-corrected chi connectivity index (χ3v) is 9.29. The van der Waals surface area contributed by atoms with E-state index in [9.17, 15) is 23.6 Å². The fourth-order valence-corrected chi connectivity index (χ4v) is 6.48. The van der Waals surface area contributed by atoms with Crippen LogP contribution in [0.25, 0.3) is 33.2 Å². The van der Waals surface area contributed by atoms with Crippen molar-refractivity contribution in [3.05, 3.63) is 101 Å². The number of anilines is 1. The molecule has 0 radical (unpaired) electrons. The first kappa shape index (κ1) is 33.0. The molecule has 3 heterocycles. The first-order valence-corrected chi connectivity index (χ1v) is 16.5. The summed E-state index contributed by atoms with van der Waals surface area (Å²) < 4.78 is 31.9. The lowest BCUT2D eigenvalue weighted by molar-refractivity contribution is -0.137. The van der Waals surface area contributed by atoms with E-state index in [1.807, 2.05) is 0 Å². The zero-order chi connectivity index (χ0) is 35.1. The number of likely N-dealkylation sites (tertiary alicyclic amines) is 1. The minimum absolute atomic E-state index is 0.0657. The van der Waals surface area contributed by atoms with Crippen molar-refractivity contribution < 1.29 is 28.0 Å². The Balaban J connectivity index is 1.10. The van der Waals surface area contributed by atoms with Gasteiger partial charge >= 0.3 is 0 Å². The lowest BCUT2D eigenvalue weighted by Crippen LogP contribution is -2.44. The van der Waals surface area contributed by atoms with Crippen molar-refractivity contribution in [1.82, 2.24) is 24.8 Å². The summed E-state index contributed by atoms with van der Waals surface area (Å²) in [5, 5.41) is 6.30. The SMILES string of the molecule is CC(=O)c1cn(CC(=O)N2C[C@H](F)C[C@H]2C(=O)Nc2cccc(-c3ccccc3Cl)c2F)c2ccc(-c3cnc(C(=O)NC4CC4)nc3)cc12. The molecule has 2 fully saturated rings. The van der Waals surface area contributed by atoms with E-state index in [0.717, 1.165) is 17.7 Å². The van der Waals surface area contributed by atoms with Gasteiger partial charge in [-0.3, -0.25) is 19.2 Å². The Labute approximate surface area is 290 Å². The minimum Gasteiger partial charge on any atom is -0.347 e. The first-order valence-electron chi connectivity index (χ1n) is 16.1. The van der Waals surface area contributed by atoms with Gasteiger partial charge in [-0.25, -0.2) is 18.7 Å². The number of amides is 3. The molecule has 1 aliphatic carbocycles. The van der Waals surface area contributed by atoms with Crippen molar-refractivity contribution in [1.29, 1.82) is 0 Å². The number of fused-ring (bicyclic) bond motifs is 1. The molecule has 0 bridgehead atoms. The van der Waals surface area contributed by atoms with Crippen LogP contribution in [0, 0.1) is 5.82 Å². The molecule has 5 aromatic rings. The van der Waals surface area contributed by atoms with Crippen molar-refractivity contribution in [2.45, 2.75) is 51.0 Å². The number of nitrogens with one attached hydrogen (secondary N) is 2. The number of benzene rings is 3. The Morgan fingerprint density at radius 3 is 2.42 bits per heavy atom. The summed E-state index contributed by atoms with van der Waals surface area (Å²) in [6.07, 6.45) is 4.81. The highest BCUT2D eigenvalue weighted by molar-refractivity contribution is 6.33. The Hall–Kier alpha value is -5.49. The molecule has 2 N–H and O–H groups in total. The monoisotopic (exact) mass is 696 g/mol. The van der Waals surface area contributed by atoms with Gasteiger partial charge in [0.2, 0.25) is 17.6 Å². The second kappa shape index (κ2) is 13.4. The molecule has 2 atom stereocenters. The minimum atomic E-state index is -1.46. The van der Waals surface area contributed by atoms with E-state index in [4.69, 9.17) is 11.6 Å². The van der Waals surface area contributed by atoms with Crippen LogP contribution in [0.2, 0.25) is 5.02 Å². The average molecular weight is 697 g/mol. The number of hydrogen-bond acceptors (Lipinski definition) is 6. The number of nitrogens with zero attached hydrogens (tertiary/aromatic N) is 4. The Kier molecular flexibility index (Phi) is 8.87. The number of halogens is 3. The topological polar surface area (TPSA) is 126 Å². The summed E-state index contributed by atoms with van der Waals surface area (Å²) >= 11 is 6.27. The first-order chi connectivity index (χ1) is 24.1. The van der Waals surface area contributed by atoms with Crippen LogP contribution in [0.15, 0.2) is 79.3 Å². The lowest BCUT2D eigenvalue weighted by Gasteiger charge is -2.24. The number of rotatable bonds is 9. The van der Waals surface area contributed by atoms with Crippen LogP contribution in [-0.2, 0) is 16.1 Å². The second-order valence-corrected chi connectivity index (χ2v) is 12.9. The van der Waals surface area contributed by atoms with Crippen LogP contribution < -0.4 is 10.6 Å². The molecule has 3 aromatic carbocycles. The maximum absolute atomic E-state index is 15.6. The molecule has 0 spiro atoms. The standard InChI is InChI=1S/C37H31ClF2N6O4/c1-20(47)28-18-45(31-12-9-21(13-27(28)31)22-15-41-35(42-16-22)37(50)43-24-10-11-24)19-33(48)46-17-23(39)14-32(46)36(49)44-30-8-4-6-26(34(30)40)25-5-2-3-7-29(25)38/h2-9,12-13,15-16,18,23-24,32H,10-11,14,17,19H2,1H3,(H,43,50)(H,44,49)/t23-,32+/m1/s1. The number of hydrogen-bond donors (Lipinski definition) is 2. The van der Waals surface area contributed by atoms with Gasteiger partial charge < -0.3 is 20.1 Å². The maximum atomic E-state index is 15.6. The van der Waals surface area contributed by atoms with Gasteiger partial charge in [0.15, 0.2) is 11.6 Å². The lowest BCUT2D eigenvalue weighted by atomic mass is 10.0. The van der Waals surface area contributed by atoms with E-state index in [1.54, 1.807) is 59.3 Å². The van der Waals surface area contributed by atoms with Gasteiger partial charge in [0, 0.05) is 69.2 Å². The summed E-state index contributed by atoms with van der Waals surface area (Å²) in [6, 6.07) is 15.5. The zero-order valence-electron chi connectivity index (χ0n) is 26.8. The number of carbonyl (C=O) groups excluding carboxylic acids is 4. The quantitative estimate of drug-likeness (QED) is 0.176. The molecule has 1 saturated carbocycles. The highest BCUT2D eigenvalue weighted by atomic mass is 35.5. The van der Waals surface area contributed by atoms with Gasteiger partial charge in [-0.2, -0.15) is 0 Å². The number of alkyl halides is 1. The van der Waals surface area contributed by atoms with E-state index in [0.29, 0.717) is 38.2 Å². The van der Waals surface area contributed by atoms with Crippen molar-refractivity contribution in [2.75, 3.05) is 11.9 Å². The van der Waals surface area contributed by atoms with Gasteiger partial charge in [-0.05, 0) is 49.6 Å². The van der Waals surface area contributed by atoms with Crippen LogP contribution in [0.1, 0.15) is 47.2 Å². The third-order valence-electron chi connectivity index (χ3n) is 8.96. The molecule has 2 aliphatic rings. The summed E-state index contributed by atoms with van der Waals surface area (Å²) in [5.74, 6) is -2.47. The van der Waals surface area contributed by atoms with Crippen molar-refractivity contribution >= 4 is 51.7 Å².